The highest BCUT2D eigenvalue weighted by Crippen LogP contribution is 2.56. The Labute approximate surface area is 179 Å². The van der Waals surface area contributed by atoms with Gasteiger partial charge in [-0.1, -0.05) is 101 Å². The standard InChI is InChI=1S/C27H34.C2H6/c1-5-6-7-8-9-10-15-27-16-11-12-22-21(4)20(3)18-24(26(22)27)23-14-13-19(2)17-25(23)27;1-2/h11,13-14,16-18H,5-10,12,15H2,1-4H3;1-2H3. The number of benzene rings is 2. The Hall–Kier alpha value is -1.82. The first kappa shape index (κ1) is 21.9. The third-order valence-electron chi connectivity index (χ3n) is 7.02. The molecule has 0 aromatic heterocycles. The van der Waals surface area contributed by atoms with Gasteiger partial charge in [-0.25, -0.2) is 0 Å². The average molecular weight is 389 g/mol. The fourth-order valence-corrected chi connectivity index (χ4v) is 5.44. The lowest BCUT2D eigenvalue weighted by Crippen LogP contribution is -2.27. The summed E-state index contributed by atoms with van der Waals surface area (Å²) in [6, 6.07) is 9.60. The molecule has 0 radical (unpaired) electrons. The third kappa shape index (κ3) is 3.83. The van der Waals surface area contributed by atoms with Gasteiger partial charge in [0.2, 0.25) is 0 Å². The monoisotopic (exact) mass is 388 g/mol. The molecule has 0 bridgehead atoms. The molecular weight excluding hydrogens is 348 g/mol. The zero-order valence-electron chi connectivity index (χ0n) is 19.6. The molecule has 0 fully saturated rings. The topological polar surface area (TPSA) is 0 Å². The molecule has 0 amide bonds. The van der Waals surface area contributed by atoms with Crippen LogP contribution in [0.25, 0.3) is 11.1 Å². The molecule has 156 valence electrons. The van der Waals surface area contributed by atoms with Crippen LogP contribution in [0.5, 0.6) is 0 Å². The Morgan fingerprint density at radius 1 is 0.862 bits per heavy atom. The molecule has 1 unspecified atom stereocenters. The van der Waals surface area contributed by atoms with Crippen LogP contribution in [0.2, 0.25) is 0 Å². The quantitative estimate of drug-likeness (QED) is 0.328. The minimum Gasteiger partial charge on any atom is -0.0829 e. The van der Waals surface area contributed by atoms with Gasteiger partial charge in [0.05, 0.1) is 0 Å². The van der Waals surface area contributed by atoms with Gasteiger partial charge in [0.25, 0.3) is 0 Å². The van der Waals surface area contributed by atoms with E-state index in [1.807, 2.05) is 13.8 Å². The van der Waals surface area contributed by atoms with Crippen molar-refractivity contribution in [3.63, 3.8) is 0 Å². The summed E-state index contributed by atoms with van der Waals surface area (Å²) in [5.74, 6) is 0. The second kappa shape index (κ2) is 9.33. The molecular formula is C29H40. The molecule has 0 saturated heterocycles. The van der Waals surface area contributed by atoms with Crippen molar-refractivity contribution in [3.05, 3.63) is 69.8 Å². The fraction of sp³-hybridized carbons (Fsp3) is 0.517. The Morgan fingerprint density at radius 2 is 1.59 bits per heavy atom. The number of fused-ring (bicyclic) bond motifs is 3. The van der Waals surface area contributed by atoms with E-state index >= 15 is 0 Å². The first-order valence-electron chi connectivity index (χ1n) is 12.0. The number of allylic oxidation sites excluding steroid dienone is 2. The van der Waals surface area contributed by atoms with Crippen molar-refractivity contribution < 1.29 is 0 Å². The molecule has 2 aromatic carbocycles. The fourth-order valence-electron chi connectivity index (χ4n) is 5.44. The molecule has 2 aliphatic carbocycles. The van der Waals surface area contributed by atoms with Gasteiger partial charge in [-0.05, 0) is 72.6 Å². The van der Waals surface area contributed by atoms with Crippen molar-refractivity contribution in [2.75, 3.05) is 0 Å². The number of hydrogen-bond donors (Lipinski definition) is 0. The lowest BCUT2D eigenvalue weighted by molar-refractivity contribution is 0.511. The van der Waals surface area contributed by atoms with Crippen LogP contribution in [-0.4, -0.2) is 0 Å². The second-order valence-corrected chi connectivity index (χ2v) is 8.86. The van der Waals surface area contributed by atoms with Crippen LogP contribution in [0.1, 0.15) is 99.1 Å². The molecule has 4 rings (SSSR count). The van der Waals surface area contributed by atoms with E-state index in [2.05, 4.69) is 64.1 Å². The van der Waals surface area contributed by atoms with E-state index in [1.165, 1.54) is 72.8 Å². The lowest BCUT2D eigenvalue weighted by Gasteiger charge is -2.34. The van der Waals surface area contributed by atoms with E-state index in [9.17, 15) is 0 Å². The van der Waals surface area contributed by atoms with Crippen LogP contribution in [0, 0.1) is 20.8 Å². The van der Waals surface area contributed by atoms with Crippen molar-refractivity contribution >= 4 is 0 Å². The molecule has 0 N–H and O–H groups in total. The minimum absolute atomic E-state index is 0.119. The molecule has 0 spiro atoms. The first-order valence-corrected chi connectivity index (χ1v) is 12.0. The normalized spacial score (nSPS) is 18.1. The SMILES string of the molecule is CC.CCCCCCCCC12C=CCc3c(C)c(C)cc(c31)-c1ccc(C)cc12. The molecule has 0 heterocycles. The van der Waals surface area contributed by atoms with E-state index in [0.29, 0.717) is 0 Å². The van der Waals surface area contributed by atoms with Crippen LogP contribution in [-0.2, 0) is 11.8 Å². The molecule has 2 aliphatic rings. The zero-order valence-corrected chi connectivity index (χ0v) is 19.6. The average Bonchev–Trinajstić information content (AvgIpc) is 3.00. The summed E-state index contributed by atoms with van der Waals surface area (Å²) in [6.45, 7) is 13.2. The van der Waals surface area contributed by atoms with Gasteiger partial charge < -0.3 is 0 Å². The minimum atomic E-state index is 0.119. The van der Waals surface area contributed by atoms with Crippen molar-refractivity contribution in [3.8, 4) is 11.1 Å². The van der Waals surface area contributed by atoms with Gasteiger partial charge in [-0.2, -0.15) is 0 Å². The molecule has 1 atom stereocenters. The summed E-state index contributed by atoms with van der Waals surface area (Å²) in [6.07, 6.45) is 15.6. The molecule has 0 aliphatic heterocycles. The maximum Gasteiger partial charge on any atom is 0.0397 e. The first-order chi connectivity index (χ1) is 14.1. The molecule has 0 heteroatoms. The Kier molecular flexibility index (Phi) is 7.04. The van der Waals surface area contributed by atoms with Crippen molar-refractivity contribution in [1.29, 1.82) is 0 Å². The van der Waals surface area contributed by atoms with Crippen molar-refractivity contribution in [1.82, 2.24) is 0 Å². The van der Waals surface area contributed by atoms with Crippen LogP contribution >= 0.6 is 0 Å². The predicted molar refractivity (Wildman–Crippen MR) is 129 cm³/mol. The molecule has 0 nitrogen and oxygen atoms in total. The third-order valence-corrected chi connectivity index (χ3v) is 7.02. The summed E-state index contributed by atoms with van der Waals surface area (Å²) in [4.78, 5) is 0. The zero-order chi connectivity index (χ0) is 21.0. The van der Waals surface area contributed by atoms with E-state index in [-0.39, 0.29) is 5.41 Å². The number of aryl methyl sites for hydroxylation is 2. The summed E-state index contributed by atoms with van der Waals surface area (Å²) < 4.78 is 0. The predicted octanol–water partition coefficient (Wildman–Crippen LogP) is 8.77. The van der Waals surface area contributed by atoms with E-state index < -0.39 is 0 Å². The van der Waals surface area contributed by atoms with Gasteiger partial charge in [-0.3, -0.25) is 0 Å². The van der Waals surface area contributed by atoms with Crippen LogP contribution in [0.15, 0.2) is 36.4 Å². The maximum atomic E-state index is 2.56. The summed E-state index contributed by atoms with van der Waals surface area (Å²) in [5, 5.41) is 0. The van der Waals surface area contributed by atoms with E-state index in [1.54, 1.807) is 16.7 Å². The smallest absolute Gasteiger partial charge is 0.0397 e. The van der Waals surface area contributed by atoms with Crippen LogP contribution in [0.3, 0.4) is 0 Å². The highest BCUT2D eigenvalue weighted by atomic mass is 14.5. The Balaban J connectivity index is 0.00000117. The number of rotatable bonds is 7. The van der Waals surface area contributed by atoms with Crippen LogP contribution < -0.4 is 0 Å². The molecule has 2 aromatic rings. The van der Waals surface area contributed by atoms with Crippen molar-refractivity contribution in [2.24, 2.45) is 0 Å². The maximum absolute atomic E-state index is 2.56. The largest absolute Gasteiger partial charge is 0.0829 e. The van der Waals surface area contributed by atoms with Crippen molar-refractivity contribution in [2.45, 2.75) is 98.3 Å². The molecule has 29 heavy (non-hydrogen) atoms. The summed E-state index contributed by atoms with van der Waals surface area (Å²) in [7, 11) is 0. The van der Waals surface area contributed by atoms with Gasteiger partial charge in [0.15, 0.2) is 0 Å². The van der Waals surface area contributed by atoms with E-state index in [4.69, 9.17) is 0 Å². The second-order valence-electron chi connectivity index (χ2n) is 8.86. The Bertz CT molecular complexity index is 883. The highest BCUT2D eigenvalue weighted by Gasteiger charge is 2.44. The summed E-state index contributed by atoms with van der Waals surface area (Å²) >= 11 is 0. The lowest BCUT2D eigenvalue weighted by atomic mass is 9.68. The highest BCUT2D eigenvalue weighted by molar-refractivity contribution is 5.85. The van der Waals surface area contributed by atoms with Crippen LogP contribution in [0.4, 0.5) is 0 Å². The molecule has 0 saturated carbocycles. The number of hydrogen-bond acceptors (Lipinski definition) is 0. The van der Waals surface area contributed by atoms with E-state index in [0.717, 1.165) is 6.42 Å². The van der Waals surface area contributed by atoms with Gasteiger partial charge in [0.1, 0.15) is 0 Å². The Morgan fingerprint density at radius 3 is 2.34 bits per heavy atom. The summed E-state index contributed by atoms with van der Waals surface area (Å²) in [5.41, 5.74) is 12.3. The number of unbranched alkanes of at least 4 members (excludes halogenated alkanes) is 5. The van der Waals surface area contributed by atoms with Gasteiger partial charge in [0, 0.05) is 5.41 Å². The van der Waals surface area contributed by atoms with Gasteiger partial charge >= 0.3 is 0 Å². The van der Waals surface area contributed by atoms with Gasteiger partial charge in [-0.15, -0.1) is 0 Å².